The zero-order chi connectivity index (χ0) is 13.8. The molecule has 0 saturated heterocycles. The fourth-order valence-corrected chi connectivity index (χ4v) is 3.11. The van der Waals surface area contributed by atoms with Gasteiger partial charge in [-0.05, 0) is 31.6 Å². The lowest BCUT2D eigenvalue weighted by Gasteiger charge is -2.35. The van der Waals surface area contributed by atoms with Gasteiger partial charge in [-0.15, -0.1) is 0 Å². The van der Waals surface area contributed by atoms with E-state index in [4.69, 9.17) is 0 Å². The Kier molecular flexibility index (Phi) is 4.61. The molecule has 2 atom stereocenters. The Morgan fingerprint density at radius 1 is 1.42 bits per heavy atom. The van der Waals surface area contributed by atoms with E-state index in [9.17, 15) is 4.79 Å². The van der Waals surface area contributed by atoms with E-state index < -0.39 is 0 Å². The van der Waals surface area contributed by atoms with Crippen LogP contribution in [0.2, 0.25) is 0 Å². The largest absolute Gasteiger partial charge is 0.362 e. The molecule has 0 aromatic carbocycles. The Balaban J connectivity index is 2.17. The van der Waals surface area contributed by atoms with Gasteiger partial charge in [-0.25, -0.2) is 4.98 Å². The zero-order valence-corrected chi connectivity index (χ0v) is 12.2. The van der Waals surface area contributed by atoms with Gasteiger partial charge in [0.15, 0.2) is 5.82 Å². The molecular formula is C15H25N3O. The molecule has 1 heterocycles. The minimum Gasteiger partial charge on any atom is -0.362 e. The van der Waals surface area contributed by atoms with E-state index in [0.717, 1.165) is 6.42 Å². The Labute approximate surface area is 115 Å². The Hall–Kier alpha value is -1.32. The van der Waals surface area contributed by atoms with Crippen LogP contribution in [0.3, 0.4) is 0 Å². The first-order valence-electron chi connectivity index (χ1n) is 7.45. The summed E-state index contributed by atoms with van der Waals surface area (Å²) in [5.41, 5.74) is -0.00178. The van der Waals surface area contributed by atoms with Gasteiger partial charge in [0.1, 0.15) is 0 Å². The van der Waals surface area contributed by atoms with E-state index >= 15 is 0 Å². The summed E-state index contributed by atoms with van der Waals surface area (Å²) in [7, 11) is 0. The maximum atomic E-state index is 12.2. The predicted molar refractivity (Wildman–Crippen MR) is 78.4 cm³/mol. The molecule has 0 bridgehead atoms. The van der Waals surface area contributed by atoms with E-state index in [-0.39, 0.29) is 5.56 Å². The van der Waals surface area contributed by atoms with Crippen molar-refractivity contribution in [2.75, 3.05) is 5.32 Å². The van der Waals surface area contributed by atoms with Gasteiger partial charge in [0.05, 0.1) is 0 Å². The number of nitrogens with one attached hydrogen (secondary N) is 1. The molecule has 1 fully saturated rings. The van der Waals surface area contributed by atoms with Crippen LogP contribution in [0, 0.1) is 11.8 Å². The van der Waals surface area contributed by atoms with Crippen LogP contribution in [-0.4, -0.2) is 15.6 Å². The molecule has 1 aromatic rings. The van der Waals surface area contributed by atoms with Crippen molar-refractivity contribution in [2.24, 2.45) is 11.8 Å². The number of hydrogen-bond donors (Lipinski definition) is 1. The van der Waals surface area contributed by atoms with Gasteiger partial charge < -0.3 is 9.88 Å². The average molecular weight is 263 g/mol. The molecule has 19 heavy (non-hydrogen) atoms. The van der Waals surface area contributed by atoms with E-state index in [1.165, 1.54) is 19.3 Å². The first-order valence-corrected chi connectivity index (χ1v) is 7.45. The fraction of sp³-hybridized carbons (Fsp3) is 0.733. The van der Waals surface area contributed by atoms with Crippen molar-refractivity contribution in [3.05, 3.63) is 22.7 Å². The van der Waals surface area contributed by atoms with Crippen LogP contribution >= 0.6 is 0 Å². The fourth-order valence-electron chi connectivity index (χ4n) is 3.11. The van der Waals surface area contributed by atoms with E-state index in [0.29, 0.717) is 30.2 Å². The van der Waals surface area contributed by atoms with Gasteiger partial charge >= 0.3 is 0 Å². The molecular weight excluding hydrogens is 238 g/mol. The predicted octanol–water partition coefficient (Wildman–Crippen LogP) is 2.89. The summed E-state index contributed by atoms with van der Waals surface area (Å²) in [5.74, 6) is 1.81. The SMILES string of the molecule is CCn1ccnc(NC2CCCCC2C(C)C)c1=O. The van der Waals surface area contributed by atoms with Gasteiger partial charge in [-0.2, -0.15) is 0 Å². The lowest BCUT2D eigenvalue weighted by Crippen LogP contribution is -2.38. The summed E-state index contributed by atoms with van der Waals surface area (Å²) >= 11 is 0. The highest BCUT2D eigenvalue weighted by Crippen LogP contribution is 2.31. The van der Waals surface area contributed by atoms with Gasteiger partial charge in [-0.1, -0.05) is 26.7 Å². The second-order valence-electron chi connectivity index (χ2n) is 5.81. The van der Waals surface area contributed by atoms with Crippen molar-refractivity contribution in [3.8, 4) is 0 Å². The molecule has 0 spiro atoms. The quantitative estimate of drug-likeness (QED) is 0.908. The number of anilines is 1. The number of rotatable bonds is 4. The molecule has 1 saturated carbocycles. The van der Waals surface area contributed by atoms with Crippen LogP contribution in [0.4, 0.5) is 5.82 Å². The summed E-state index contributed by atoms with van der Waals surface area (Å²) in [6.07, 6.45) is 8.40. The lowest BCUT2D eigenvalue weighted by molar-refractivity contribution is 0.253. The standard InChI is InChI=1S/C15H25N3O/c1-4-18-10-9-16-14(15(18)19)17-13-8-6-5-7-12(13)11(2)3/h9-13H,4-8H2,1-3H3,(H,16,17). The van der Waals surface area contributed by atoms with E-state index in [1.54, 1.807) is 17.0 Å². The highest BCUT2D eigenvalue weighted by Gasteiger charge is 2.28. The van der Waals surface area contributed by atoms with E-state index in [1.807, 2.05) is 6.92 Å². The monoisotopic (exact) mass is 263 g/mol. The van der Waals surface area contributed by atoms with Crippen molar-refractivity contribution in [2.45, 2.75) is 59.0 Å². The van der Waals surface area contributed by atoms with Crippen LogP contribution in [0.1, 0.15) is 46.5 Å². The minimum absolute atomic E-state index is 0.00178. The highest BCUT2D eigenvalue weighted by atomic mass is 16.1. The molecule has 2 rings (SSSR count). The number of aromatic nitrogens is 2. The second-order valence-corrected chi connectivity index (χ2v) is 5.81. The molecule has 2 unspecified atom stereocenters. The van der Waals surface area contributed by atoms with Crippen molar-refractivity contribution in [1.29, 1.82) is 0 Å². The molecule has 1 N–H and O–H groups in total. The molecule has 1 aromatic heterocycles. The van der Waals surface area contributed by atoms with Crippen LogP contribution in [0.15, 0.2) is 17.2 Å². The smallest absolute Gasteiger partial charge is 0.293 e. The first kappa shape index (κ1) is 14.1. The third kappa shape index (κ3) is 3.17. The zero-order valence-electron chi connectivity index (χ0n) is 12.2. The van der Waals surface area contributed by atoms with Crippen molar-refractivity contribution in [3.63, 3.8) is 0 Å². The summed E-state index contributed by atoms with van der Waals surface area (Å²) in [4.78, 5) is 16.4. The Morgan fingerprint density at radius 3 is 2.84 bits per heavy atom. The second kappa shape index (κ2) is 6.22. The number of nitrogens with zero attached hydrogens (tertiary/aromatic N) is 2. The maximum Gasteiger partial charge on any atom is 0.293 e. The summed E-state index contributed by atoms with van der Waals surface area (Å²) in [6, 6.07) is 0.390. The number of hydrogen-bond acceptors (Lipinski definition) is 3. The van der Waals surface area contributed by atoms with Crippen molar-refractivity contribution >= 4 is 5.82 Å². The normalized spacial score (nSPS) is 23.6. The molecule has 1 aliphatic rings. The minimum atomic E-state index is -0.00178. The summed E-state index contributed by atoms with van der Waals surface area (Å²) in [5, 5.41) is 3.41. The van der Waals surface area contributed by atoms with Gasteiger partial charge in [-0.3, -0.25) is 4.79 Å². The Bertz CT molecular complexity index is 467. The Morgan fingerprint density at radius 2 is 2.16 bits per heavy atom. The van der Waals surface area contributed by atoms with E-state index in [2.05, 4.69) is 24.1 Å². The maximum absolute atomic E-state index is 12.2. The average Bonchev–Trinajstić information content (AvgIpc) is 2.41. The molecule has 4 nitrogen and oxygen atoms in total. The molecule has 0 amide bonds. The van der Waals surface area contributed by atoms with Crippen molar-refractivity contribution < 1.29 is 0 Å². The first-order chi connectivity index (χ1) is 9.13. The van der Waals surface area contributed by atoms with Crippen molar-refractivity contribution in [1.82, 2.24) is 9.55 Å². The molecule has 106 valence electrons. The van der Waals surface area contributed by atoms with Gasteiger partial charge in [0, 0.05) is 25.0 Å². The number of aryl methyl sites for hydroxylation is 1. The van der Waals surface area contributed by atoms with Gasteiger partial charge in [0.2, 0.25) is 0 Å². The van der Waals surface area contributed by atoms with Crippen LogP contribution < -0.4 is 10.9 Å². The topological polar surface area (TPSA) is 46.9 Å². The lowest BCUT2D eigenvalue weighted by atomic mass is 9.78. The molecule has 0 radical (unpaired) electrons. The van der Waals surface area contributed by atoms with Crippen LogP contribution in [0.25, 0.3) is 0 Å². The van der Waals surface area contributed by atoms with Crippen LogP contribution in [-0.2, 0) is 6.54 Å². The molecule has 1 aliphatic carbocycles. The highest BCUT2D eigenvalue weighted by molar-refractivity contribution is 5.32. The molecule has 0 aliphatic heterocycles. The van der Waals surface area contributed by atoms with Gasteiger partial charge in [0.25, 0.3) is 5.56 Å². The van der Waals surface area contributed by atoms with Crippen LogP contribution in [0.5, 0.6) is 0 Å². The third-order valence-electron chi connectivity index (χ3n) is 4.25. The summed E-state index contributed by atoms with van der Waals surface area (Å²) in [6.45, 7) is 7.21. The third-order valence-corrected chi connectivity index (χ3v) is 4.25. The summed E-state index contributed by atoms with van der Waals surface area (Å²) < 4.78 is 1.70. The molecule has 4 heteroatoms.